The summed E-state index contributed by atoms with van der Waals surface area (Å²) in [6.07, 6.45) is 1.55. The summed E-state index contributed by atoms with van der Waals surface area (Å²) < 4.78 is 29.1. The zero-order chi connectivity index (χ0) is 23.7. The number of hydrogen-bond donors (Lipinski definition) is 1. The Balaban J connectivity index is 2.00. The number of methoxy groups -OCH3 is 3. The normalized spacial score (nSPS) is 14.8. The lowest BCUT2D eigenvalue weighted by Crippen LogP contribution is -2.33. The van der Waals surface area contributed by atoms with Gasteiger partial charge in [-0.1, -0.05) is 0 Å². The first-order valence-electron chi connectivity index (χ1n) is 10.1. The number of pyridine rings is 1. The van der Waals surface area contributed by atoms with E-state index >= 15 is 0 Å². The zero-order valence-electron chi connectivity index (χ0n) is 18.7. The van der Waals surface area contributed by atoms with Gasteiger partial charge in [-0.05, 0) is 25.1 Å². The highest BCUT2D eigenvalue weighted by Gasteiger charge is 2.37. The van der Waals surface area contributed by atoms with Crippen LogP contribution in [-0.4, -0.2) is 25.9 Å². The van der Waals surface area contributed by atoms with Gasteiger partial charge in [0.05, 0.1) is 45.6 Å². The summed E-state index contributed by atoms with van der Waals surface area (Å²) in [7, 11) is 4.50. The molecule has 0 fully saturated rings. The number of furan rings is 1. The minimum absolute atomic E-state index is 0.0746. The molecule has 0 saturated carbocycles. The van der Waals surface area contributed by atoms with E-state index in [2.05, 4.69) is 6.07 Å². The van der Waals surface area contributed by atoms with Crippen LogP contribution in [-0.2, 0) is 6.54 Å². The largest absolute Gasteiger partial charge is 0.496 e. The molecule has 0 spiro atoms. The Labute approximate surface area is 190 Å². The minimum Gasteiger partial charge on any atom is -0.496 e. The maximum absolute atomic E-state index is 13.8. The van der Waals surface area contributed by atoms with E-state index in [1.807, 2.05) is 0 Å². The molecule has 3 aromatic rings. The summed E-state index contributed by atoms with van der Waals surface area (Å²) in [6, 6.07) is 10.7. The molecule has 1 aromatic carbocycles. The van der Waals surface area contributed by atoms with Crippen LogP contribution in [0.1, 0.15) is 28.5 Å². The minimum atomic E-state index is -0.843. The SMILES string of the molecule is COc1cc(OC)c([C@H]2C(C#N)=C(N)Oc3cc(C)n(Cc4ccco4)c(=O)c32)cc1OC. The lowest BCUT2D eigenvalue weighted by Gasteiger charge is -2.28. The van der Waals surface area contributed by atoms with Gasteiger partial charge in [-0.15, -0.1) is 0 Å². The number of ether oxygens (including phenoxy) is 4. The second-order valence-corrected chi connectivity index (χ2v) is 7.41. The van der Waals surface area contributed by atoms with Crippen LogP contribution in [0.25, 0.3) is 0 Å². The van der Waals surface area contributed by atoms with Gasteiger partial charge in [-0.25, -0.2) is 0 Å². The number of nitriles is 1. The van der Waals surface area contributed by atoms with Crippen molar-refractivity contribution in [1.29, 1.82) is 5.26 Å². The quantitative estimate of drug-likeness (QED) is 0.609. The number of aromatic nitrogens is 1. The Morgan fingerprint density at radius 2 is 1.82 bits per heavy atom. The molecule has 9 nitrogen and oxygen atoms in total. The zero-order valence-corrected chi connectivity index (χ0v) is 18.7. The first-order valence-corrected chi connectivity index (χ1v) is 10.1. The molecular formula is C24H23N3O6. The van der Waals surface area contributed by atoms with E-state index in [4.69, 9.17) is 29.1 Å². The first-order chi connectivity index (χ1) is 15.9. The number of nitrogens with zero attached hydrogens (tertiary/aromatic N) is 2. The second-order valence-electron chi connectivity index (χ2n) is 7.41. The van der Waals surface area contributed by atoms with Gasteiger partial charge in [0.25, 0.3) is 5.56 Å². The number of benzene rings is 1. The first kappa shape index (κ1) is 21.9. The van der Waals surface area contributed by atoms with E-state index in [0.717, 1.165) is 0 Å². The Hall–Kier alpha value is -4.32. The van der Waals surface area contributed by atoms with Crippen molar-refractivity contribution in [3.8, 4) is 29.1 Å². The van der Waals surface area contributed by atoms with Crippen molar-refractivity contribution in [2.45, 2.75) is 19.4 Å². The van der Waals surface area contributed by atoms with Crippen molar-refractivity contribution in [1.82, 2.24) is 4.57 Å². The van der Waals surface area contributed by atoms with E-state index in [9.17, 15) is 10.1 Å². The third kappa shape index (κ3) is 3.65. The van der Waals surface area contributed by atoms with Gasteiger partial charge in [0, 0.05) is 23.4 Å². The maximum atomic E-state index is 13.8. The van der Waals surface area contributed by atoms with Crippen molar-refractivity contribution < 1.29 is 23.4 Å². The molecule has 2 N–H and O–H groups in total. The monoisotopic (exact) mass is 449 g/mol. The van der Waals surface area contributed by atoms with Crippen molar-refractivity contribution >= 4 is 0 Å². The Morgan fingerprint density at radius 3 is 2.42 bits per heavy atom. The van der Waals surface area contributed by atoms with Crippen molar-refractivity contribution in [2.24, 2.45) is 5.73 Å². The number of fused-ring (bicyclic) bond motifs is 1. The molecular weight excluding hydrogens is 426 g/mol. The highest BCUT2D eigenvalue weighted by molar-refractivity contribution is 5.61. The molecule has 0 aliphatic carbocycles. The summed E-state index contributed by atoms with van der Waals surface area (Å²) >= 11 is 0. The second kappa shape index (κ2) is 8.67. The van der Waals surface area contributed by atoms with Crippen LogP contribution in [0.5, 0.6) is 23.0 Å². The number of nitrogens with two attached hydrogens (primary N) is 1. The summed E-state index contributed by atoms with van der Waals surface area (Å²) in [5.41, 5.74) is 7.32. The highest BCUT2D eigenvalue weighted by Crippen LogP contribution is 2.46. The van der Waals surface area contributed by atoms with E-state index in [1.165, 1.54) is 21.3 Å². The maximum Gasteiger partial charge on any atom is 0.259 e. The van der Waals surface area contributed by atoms with Gasteiger partial charge >= 0.3 is 0 Å². The van der Waals surface area contributed by atoms with Gasteiger partial charge < -0.3 is 33.7 Å². The molecule has 0 saturated heterocycles. The van der Waals surface area contributed by atoms with Crippen LogP contribution >= 0.6 is 0 Å². The smallest absolute Gasteiger partial charge is 0.259 e. The molecule has 1 aliphatic rings. The van der Waals surface area contributed by atoms with E-state index < -0.39 is 5.92 Å². The number of aryl methyl sites for hydroxylation is 1. The van der Waals surface area contributed by atoms with Crippen LogP contribution in [0, 0.1) is 18.3 Å². The van der Waals surface area contributed by atoms with E-state index in [0.29, 0.717) is 34.3 Å². The average Bonchev–Trinajstić information content (AvgIpc) is 3.33. The molecule has 170 valence electrons. The summed E-state index contributed by atoms with van der Waals surface area (Å²) in [5, 5.41) is 9.94. The van der Waals surface area contributed by atoms with Gasteiger partial charge in [0.15, 0.2) is 11.5 Å². The topological polar surface area (TPSA) is 122 Å². The van der Waals surface area contributed by atoms with Crippen LogP contribution in [0.3, 0.4) is 0 Å². The number of allylic oxidation sites excluding steroid dienone is 1. The standard InChI is InChI=1S/C24H23N3O6/c1-13-8-20-22(24(28)27(13)12-14-6-5-7-32-14)21(16(11-25)23(26)33-20)15-9-18(30-3)19(31-4)10-17(15)29-2/h5-10,21H,12,26H2,1-4H3/t21-/m0/s1. The lowest BCUT2D eigenvalue weighted by atomic mass is 9.83. The van der Waals surface area contributed by atoms with Crippen molar-refractivity contribution in [2.75, 3.05) is 21.3 Å². The molecule has 9 heteroatoms. The van der Waals surface area contributed by atoms with Gasteiger partial charge in [0.1, 0.15) is 28.9 Å². The third-order valence-corrected chi connectivity index (χ3v) is 5.63. The predicted molar refractivity (Wildman–Crippen MR) is 119 cm³/mol. The predicted octanol–water partition coefficient (Wildman–Crippen LogP) is 3.04. The van der Waals surface area contributed by atoms with Crippen LogP contribution in [0.15, 0.2) is 57.3 Å². The lowest BCUT2D eigenvalue weighted by molar-refractivity contribution is 0.346. The van der Waals surface area contributed by atoms with Crippen LogP contribution in [0.2, 0.25) is 0 Å². The summed E-state index contributed by atoms with van der Waals surface area (Å²) in [6.45, 7) is 2.02. The summed E-state index contributed by atoms with van der Waals surface area (Å²) in [5.74, 6) is 1.25. The van der Waals surface area contributed by atoms with Gasteiger partial charge in [-0.3, -0.25) is 4.79 Å². The van der Waals surface area contributed by atoms with Crippen molar-refractivity contribution in [3.05, 3.63) is 81.0 Å². The fraction of sp³-hybridized carbons (Fsp3) is 0.250. The third-order valence-electron chi connectivity index (χ3n) is 5.63. The summed E-state index contributed by atoms with van der Waals surface area (Å²) in [4.78, 5) is 13.8. The number of hydrogen-bond acceptors (Lipinski definition) is 8. The molecule has 2 aromatic heterocycles. The van der Waals surface area contributed by atoms with Crippen molar-refractivity contribution in [3.63, 3.8) is 0 Å². The Bertz CT molecular complexity index is 1330. The Morgan fingerprint density at radius 1 is 1.12 bits per heavy atom. The van der Waals surface area contributed by atoms with Gasteiger partial charge in [0.2, 0.25) is 5.88 Å². The fourth-order valence-electron chi connectivity index (χ4n) is 4.03. The molecule has 0 unspecified atom stereocenters. The Kier molecular flexibility index (Phi) is 5.75. The molecule has 33 heavy (non-hydrogen) atoms. The molecule has 0 radical (unpaired) electrons. The average molecular weight is 449 g/mol. The van der Waals surface area contributed by atoms with Gasteiger partial charge in [-0.2, -0.15) is 5.26 Å². The molecule has 3 heterocycles. The molecule has 1 atom stereocenters. The molecule has 4 rings (SSSR count). The van der Waals surface area contributed by atoms with Crippen LogP contribution < -0.4 is 30.2 Å². The fourth-order valence-corrected chi connectivity index (χ4v) is 4.03. The van der Waals surface area contributed by atoms with E-state index in [1.54, 1.807) is 48.1 Å². The van der Waals surface area contributed by atoms with Crippen LogP contribution in [0.4, 0.5) is 0 Å². The van der Waals surface area contributed by atoms with E-state index in [-0.39, 0.29) is 34.9 Å². The highest BCUT2D eigenvalue weighted by atomic mass is 16.5. The molecule has 0 amide bonds. The molecule has 0 bridgehead atoms. The molecule has 1 aliphatic heterocycles. The number of rotatable bonds is 6.